The number of hydrogen-bond acceptors (Lipinski definition) is 3. The van der Waals surface area contributed by atoms with Gasteiger partial charge in [-0.05, 0) is 25.0 Å². The topological polar surface area (TPSA) is 29.5 Å². The van der Waals surface area contributed by atoms with Crippen LogP contribution in [0.1, 0.15) is 19.4 Å². The van der Waals surface area contributed by atoms with E-state index in [4.69, 9.17) is 9.84 Å². The molecule has 0 spiro atoms. The predicted molar refractivity (Wildman–Crippen MR) is 74.8 cm³/mol. The Hall–Kier alpha value is -1.19. The fourth-order valence-corrected chi connectivity index (χ4v) is 1.76. The van der Waals surface area contributed by atoms with Gasteiger partial charge in [0.05, 0.1) is 11.5 Å². The zero-order valence-corrected chi connectivity index (χ0v) is 11.1. The maximum Gasteiger partial charge on any atom is 0.135 e. The maximum absolute atomic E-state index is 8.83. The van der Waals surface area contributed by atoms with Gasteiger partial charge in [-0.2, -0.15) is 0 Å². The minimum Gasteiger partial charge on any atom is -0.490 e. The summed E-state index contributed by atoms with van der Waals surface area (Å²) in [7, 11) is 0. The zero-order chi connectivity index (χ0) is 12.7. The zero-order valence-electron chi connectivity index (χ0n) is 10.2. The summed E-state index contributed by atoms with van der Waals surface area (Å²) < 4.78 is 5.55. The molecule has 0 amide bonds. The molecule has 17 heavy (non-hydrogen) atoms. The molecule has 1 rings (SSSR count). The van der Waals surface area contributed by atoms with Gasteiger partial charge in [0.1, 0.15) is 12.4 Å². The Morgan fingerprint density at radius 3 is 2.53 bits per heavy atom. The van der Waals surface area contributed by atoms with Crippen molar-refractivity contribution in [3.63, 3.8) is 0 Å². The largest absolute Gasteiger partial charge is 0.490 e. The van der Waals surface area contributed by atoms with Gasteiger partial charge < -0.3 is 9.84 Å². The molecule has 0 radical (unpaired) electrons. The highest BCUT2D eigenvalue weighted by molar-refractivity contribution is 7.90. The van der Waals surface area contributed by atoms with Gasteiger partial charge >= 0.3 is 0 Å². The van der Waals surface area contributed by atoms with Crippen molar-refractivity contribution in [1.82, 2.24) is 0 Å². The first-order valence-corrected chi connectivity index (χ1v) is 6.01. The van der Waals surface area contributed by atoms with Crippen LogP contribution in [-0.2, 0) is 4.74 Å². The summed E-state index contributed by atoms with van der Waals surface area (Å²) in [6.45, 7) is 4.18. The van der Waals surface area contributed by atoms with Crippen molar-refractivity contribution in [2.75, 3.05) is 13.2 Å². The molecule has 0 aliphatic carbocycles. The van der Waals surface area contributed by atoms with Crippen LogP contribution in [0.3, 0.4) is 0 Å². The Morgan fingerprint density at radius 1 is 1.35 bits per heavy atom. The number of rotatable bonds is 5. The average molecular weight is 250 g/mol. The van der Waals surface area contributed by atoms with Gasteiger partial charge in [0.2, 0.25) is 0 Å². The second kappa shape index (κ2) is 7.20. The molecular weight excluding hydrogens is 232 g/mol. The van der Waals surface area contributed by atoms with Crippen LogP contribution in [0.25, 0.3) is 4.91 Å². The van der Waals surface area contributed by atoms with Crippen molar-refractivity contribution >= 4 is 17.5 Å². The molecule has 0 aliphatic rings. The second-order valence-electron chi connectivity index (χ2n) is 3.59. The summed E-state index contributed by atoms with van der Waals surface area (Å²) in [5.41, 5.74) is 2.01. The van der Waals surface area contributed by atoms with Gasteiger partial charge in [0.25, 0.3) is 0 Å². The number of thiol groups is 1. The Kier molecular flexibility index (Phi) is 5.87. The SMILES string of the molecule is C/C=C(C)\C(OCCO)=C(/S)c1ccccc1. The predicted octanol–water partition coefficient (Wildman–Crippen LogP) is 3.26. The van der Waals surface area contributed by atoms with Crippen LogP contribution < -0.4 is 0 Å². The van der Waals surface area contributed by atoms with E-state index >= 15 is 0 Å². The number of ether oxygens (including phenoxy) is 1. The summed E-state index contributed by atoms with van der Waals surface area (Å²) in [5.74, 6) is 0.719. The average Bonchev–Trinajstić information content (AvgIpc) is 2.39. The fraction of sp³-hybridized carbons (Fsp3) is 0.286. The Bertz CT molecular complexity index is 407. The molecule has 0 unspecified atom stereocenters. The van der Waals surface area contributed by atoms with Crippen LogP contribution in [0.5, 0.6) is 0 Å². The fourth-order valence-electron chi connectivity index (χ4n) is 1.37. The highest BCUT2D eigenvalue weighted by Crippen LogP contribution is 2.27. The van der Waals surface area contributed by atoms with E-state index in [1.54, 1.807) is 0 Å². The summed E-state index contributed by atoms with van der Waals surface area (Å²) >= 11 is 4.51. The summed E-state index contributed by atoms with van der Waals surface area (Å²) in [6, 6.07) is 9.84. The van der Waals surface area contributed by atoms with Crippen molar-refractivity contribution < 1.29 is 9.84 Å². The molecule has 0 aliphatic heterocycles. The molecule has 0 atom stereocenters. The summed E-state index contributed by atoms with van der Waals surface area (Å²) in [5, 5.41) is 8.83. The van der Waals surface area contributed by atoms with Crippen molar-refractivity contribution in [3.05, 3.63) is 53.3 Å². The van der Waals surface area contributed by atoms with Gasteiger partial charge in [-0.1, -0.05) is 36.4 Å². The van der Waals surface area contributed by atoms with Crippen molar-refractivity contribution in [3.8, 4) is 0 Å². The highest BCUT2D eigenvalue weighted by atomic mass is 32.1. The molecule has 3 heteroatoms. The molecular formula is C14H18O2S. The molecule has 2 nitrogen and oxygen atoms in total. The summed E-state index contributed by atoms with van der Waals surface area (Å²) in [4.78, 5) is 0.787. The molecule has 0 bridgehead atoms. The minimum atomic E-state index is -0.00363. The van der Waals surface area contributed by atoms with E-state index in [1.807, 2.05) is 50.3 Å². The third-order valence-electron chi connectivity index (χ3n) is 2.39. The van der Waals surface area contributed by atoms with E-state index in [2.05, 4.69) is 12.6 Å². The van der Waals surface area contributed by atoms with Gasteiger partial charge in [0.15, 0.2) is 0 Å². The number of hydrogen-bond donors (Lipinski definition) is 2. The standard InChI is InChI=1S/C14H18O2S/c1-3-11(2)13(16-10-9-15)14(17)12-7-5-4-6-8-12/h3-8,15,17H,9-10H2,1-2H3/b11-3-,14-13+. The van der Waals surface area contributed by atoms with Crippen LogP contribution >= 0.6 is 12.6 Å². The molecule has 1 N–H and O–H groups in total. The van der Waals surface area contributed by atoms with Crippen molar-refractivity contribution in [2.24, 2.45) is 0 Å². The van der Waals surface area contributed by atoms with E-state index in [1.165, 1.54) is 0 Å². The Morgan fingerprint density at radius 2 is 2.00 bits per heavy atom. The molecule has 0 saturated carbocycles. The molecule has 0 aromatic heterocycles. The lowest BCUT2D eigenvalue weighted by Gasteiger charge is -2.13. The monoisotopic (exact) mass is 250 g/mol. The van der Waals surface area contributed by atoms with E-state index in [0.717, 1.165) is 21.8 Å². The number of aliphatic hydroxyl groups is 1. The Labute approximate surface area is 108 Å². The van der Waals surface area contributed by atoms with Gasteiger partial charge in [0, 0.05) is 0 Å². The van der Waals surface area contributed by atoms with Crippen LogP contribution in [0.15, 0.2) is 47.7 Å². The Balaban J connectivity index is 3.09. The molecule has 1 aromatic carbocycles. The first-order chi connectivity index (χ1) is 8.20. The molecule has 0 fully saturated rings. The first-order valence-electron chi connectivity index (χ1n) is 5.56. The van der Waals surface area contributed by atoms with E-state index < -0.39 is 0 Å². The molecule has 0 saturated heterocycles. The molecule has 0 heterocycles. The molecule has 1 aromatic rings. The van der Waals surface area contributed by atoms with Gasteiger partial charge in [-0.3, -0.25) is 0 Å². The first kappa shape index (κ1) is 13.9. The smallest absolute Gasteiger partial charge is 0.135 e. The van der Waals surface area contributed by atoms with Gasteiger partial charge in [-0.15, -0.1) is 12.6 Å². The van der Waals surface area contributed by atoms with Gasteiger partial charge in [-0.25, -0.2) is 0 Å². The lowest BCUT2D eigenvalue weighted by molar-refractivity contribution is 0.151. The van der Waals surface area contributed by atoms with Crippen LogP contribution in [0.2, 0.25) is 0 Å². The number of aliphatic hydroxyl groups excluding tert-OH is 1. The van der Waals surface area contributed by atoms with Crippen molar-refractivity contribution in [2.45, 2.75) is 13.8 Å². The molecule has 92 valence electrons. The highest BCUT2D eigenvalue weighted by Gasteiger charge is 2.08. The lowest BCUT2D eigenvalue weighted by atomic mass is 10.1. The third kappa shape index (κ3) is 3.95. The van der Waals surface area contributed by atoms with Crippen molar-refractivity contribution in [1.29, 1.82) is 0 Å². The number of benzene rings is 1. The quantitative estimate of drug-likeness (QED) is 0.477. The van der Waals surface area contributed by atoms with Crippen LogP contribution in [0, 0.1) is 0 Å². The van der Waals surface area contributed by atoms with E-state index in [9.17, 15) is 0 Å². The second-order valence-corrected chi connectivity index (χ2v) is 4.03. The summed E-state index contributed by atoms with van der Waals surface area (Å²) in [6.07, 6.45) is 1.96. The van der Waals surface area contributed by atoms with E-state index in [-0.39, 0.29) is 13.2 Å². The lowest BCUT2D eigenvalue weighted by Crippen LogP contribution is -2.02. The van der Waals surface area contributed by atoms with Crippen LogP contribution in [0.4, 0.5) is 0 Å². The maximum atomic E-state index is 8.83. The normalized spacial score (nSPS) is 13.3. The van der Waals surface area contributed by atoms with Crippen LogP contribution in [-0.4, -0.2) is 18.3 Å². The minimum absolute atomic E-state index is 0.00363. The van der Waals surface area contributed by atoms with E-state index in [0.29, 0.717) is 0 Å². The number of allylic oxidation sites excluding steroid dienone is 2. The third-order valence-corrected chi connectivity index (χ3v) is 2.85.